The lowest BCUT2D eigenvalue weighted by molar-refractivity contribution is 0.511. The van der Waals surface area contributed by atoms with Gasteiger partial charge in [-0.15, -0.1) is 0 Å². The van der Waals surface area contributed by atoms with Gasteiger partial charge in [0.1, 0.15) is 0 Å². The van der Waals surface area contributed by atoms with Crippen LogP contribution < -0.4 is 0 Å². The van der Waals surface area contributed by atoms with Crippen molar-refractivity contribution < 1.29 is 8.78 Å². The Morgan fingerprint density at radius 1 is 1.00 bits per heavy atom. The van der Waals surface area contributed by atoms with Crippen molar-refractivity contribution in [2.45, 2.75) is 6.92 Å². The molecule has 2 rings (SSSR count). The second-order valence-electron chi connectivity index (χ2n) is 3.27. The van der Waals surface area contributed by atoms with Crippen molar-refractivity contribution in [3.8, 4) is 11.3 Å². The predicted octanol–water partition coefficient (Wildman–Crippen LogP) is 3.34. The summed E-state index contributed by atoms with van der Waals surface area (Å²) in [5, 5.41) is 0. The maximum atomic E-state index is 13.4. The molecule has 2 aromatic rings. The number of halogens is 2. The normalized spacial score (nSPS) is 10.3. The van der Waals surface area contributed by atoms with E-state index in [9.17, 15) is 8.78 Å². The Morgan fingerprint density at radius 3 is 2.47 bits per heavy atom. The number of hydrogen-bond acceptors (Lipinski definition) is 1. The Labute approximate surface area is 86.4 Å². The minimum absolute atomic E-state index is 0.193. The lowest BCUT2D eigenvalue weighted by Crippen LogP contribution is -1.92. The van der Waals surface area contributed by atoms with E-state index in [1.807, 2.05) is 0 Å². The van der Waals surface area contributed by atoms with Crippen LogP contribution in [0.3, 0.4) is 0 Å². The third-order valence-corrected chi connectivity index (χ3v) is 2.12. The van der Waals surface area contributed by atoms with Gasteiger partial charge in [0, 0.05) is 11.3 Å². The molecule has 3 heteroatoms. The van der Waals surface area contributed by atoms with Gasteiger partial charge in [-0.2, -0.15) is 0 Å². The van der Waals surface area contributed by atoms with Crippen LogP contribution in [0.1, 0.15) is 5.69 Å². The van der Waals surface area contributed by atoms with Crippen LogP contribution >= 0.6 is 0 Å². The SMILES string of the molecule is Cc1cccc(-c2cccc(F)c2F)n1. The standard InChI is InChI=1S/C12H9F2N/c1-8-4-2-7-11(15-8)9-5-3-6-10(13)12(9)14/h2-7H,1H3. The molecule has 0 saturated heterocycles. The van der Waals surface area contributed by atoms with E-state index < -0.39 is 11.6 Å². The second-order valence-corrected chi connectivity index (χ2v) is 3.27. The summed E-state index contributed by atoms with van der Waals surface area (Å²) in [7, 11) is 0. The van der Waals surface area contributed by atoms with Gasteiger partial charge in [0.25, 0.3) is 0 Å². The molecule has 0 radical (unpaired) electrons. The van der Waals surface area contributed by atoms with Gasteiger partial charge in [-0.1, -0.05) is 12.1 Å². The number of pyridine rings is 1. The molecule has 0 aliphatic carbocycles. The predicted molar refractivity (Wildman–Crippen MR) is 54.3 cm³/mol. The molecule has 1 heterocycles. The average Bonchev–Trinajstić information content (AvgIpc) is 2.22. The van der Waals surface area contributed by atoms with E-state index in [0.717, 1.165) is 11.8 Å². The zero-order chi connectivity index (χ0) is 10.8. The molecule has 0 spiro atoms. The monoisotopic (exact) mass is 205 g/mol. The van der Waals surface area contributed by atoms with Crippen molar-refractivity contribution in [1.29, 1.82) is 0 Å². The summed E-state index contributed by atoms with van der Waals surface area (Å²) in [5.74, 6) is -1.70. The van der Waals surface area contributed by atoms with E-state index in [1.54, 1.807) is 25.1 Å². The molecule has 0 saturated carbocycles. The maximum Gasteiger partial charge on any atom is 0.168 e. The molecule has 1 aromatic heterocycles. The summed E-state index contributed by atoms with van der Waals surface area (Å²) in [4.78, 5) is 4.14. The fourth-order valence-electron chi connectivity index (χ4n) is 1.39. The maximum absolute atomic E-state index is 13.4. The van der Waals surface area contributed by atoms with Crippen LogP contribution in [-0.4, -0.2) is 4.98 Å². The van der Waals surface area contributed by atoms with Gasteiger partial charge in [-0.3, -0.25) is 4.98 Å². The summed E-state index contributed by atoms with van der Waals surface area (Å²) in [6.07, 6.45) is 0. The summed E-state index contributed by atoms with van der Waals surface area (Å²) in [6, 6.07) is 9.31. The number of aryl methyl sites for hydroxylation is 1. The summed E-state index contributed by atoms with van der Waals surface area (Å²) >= 11 is 0. The highest BCUT2D eigenvalue weighted by molar-refractivity contribution is 5.59. The van der Waals surface area contributed by atoms with Crippen molar-refractivity contribution in [1.82, 2.24) is 4.98 Å². The lowest BCUT2D eigenvalue weighted by atomic mass is 10.1. The van der Waals surface area contributed by atoms with Crippen molar-refractivity contribution in [2.24, 2.45) is 0 Å². The Morgan fingerprint density at radius 2 is 1.73 bits per heavy atom. The lowest BCUT2D eigenvalue weighted by Gasteiger charge is -2.03. The Balaban J connectivity index is 2.59. The highest BCUT2D eigenvalue weighted by atomic mass is 19.2. The van der Waals surface area contributed by atoms with Crippen molar-refractivity contribution >= 4 is 0 Å². The number of hydrogen-bond donors (Lipinski definition) is 0. The zero-order valence-electron chi connectivity index (χ0n) is 8.17. The summed E-state index contributed by atoms with van der Waals surface area (Å²) < 4.78 is 26.4. The van der Waals surface area contributed by atoms with Crippen LogP contribution in [0.15, 0.2) is 36.4 Å². The minimum atomic E-state index is -0.851. The van der Waals surface area contributed by atoms with Crippen LogP contribution in [0.25, 0.3) is 11.3 Å². The molecular weight excluding hydrogens is 196 g/mol. The third-order valence-electron chi connectivity index (χ3n) is 2.12. The third kappa shape index (κ3) is 1.86. The Kier molecular flexibility index (Phi) is 2.46. The van der Waals surface area contributed by atoms with Gasteiger partial charge in [-0.05, 0) is 31.2 Å². The van der Waals surface area contributed by atoms with Crippen molar-refractivity contribution in [2.75, 3.05) is 0 Å². The van der Waals surface area contributed by atoms with Crippen molar-refractivity contribution in [3.63, 3.8) is 0 Å². The summed E-state index contributed by atoms with van der Waals surface area (Å²) in [5.41, 5.74) is 1.42. The Hall–Kier alpha value is -1.77. The highest BCUT2D eigenvalue weighted by Crippen LogP contribution is 2.22. The average molecular weight is 205 g/mol. The van der Waals surface area contributed by atoms with E-state index in [0.29, 0.717) is 5.69 Å². The first-order chi connectivity index (χ1) is 7.18. The molecule has 76 valence electrons. The second kappa shape index (κ2) is 3.77. The van der Waals surface area contributed by atoms with Gasteiger partial charge in [-0.25, -0.2) is 8.78 Å². The first-order valence-corrected chi connectivity index (χ1v) is 4.56. The minimum Gasteiger partial charge on any atom is -0.253 e. The van der Waals surface area contributed by atoms with Crippen molar-refractivity contribution in [3.05, 3.63) is 53.7 Å². The molecule has 0 atom stereocenters. The van der Waals surface area contributed by atoms with Crippen LogP contribution in [0.2, 0.25) is 0 Å². The van der Waals surface area contributed by atoms with E-state index >= 15 is 0 Å². The molecule has 0 aliphatic rings. The van der Waals surface area contributed by atoms with Gasteiger partial charge < -0.3 is 0 Å². The molecule has 1 nitrogen and oxygen atoms in total. The smallest absolute Gasteiger partial charge is 0.168 e. The Bertz CT molecular complexity index is 495. The van der Waals surface area contributed by atoms with Crippen LogP contribution in [0.5, 0.6) is 0 Å². The quantitative estimate of drug-likeness (QED) is 0.695. The number of rotatable bonds is 1. The first-order valence-electron chi connectivity index (χ1n) is 4.56. The molecule has 1 aromatic carbocycles. The van der Waals surface area contributed by atoms with E-state index in [4.69, 9.17) is 0 Å². The fraction of sp³-hybridized carbons (Fsp3) is 0.0833. The topological polar surface area (TPSA) is 12.9 Å². The molecule has 0 aliphatic heterocycles. The van der Waals surface area contributed by atoms with Crippen LogP contribution in [0, 0.1) is 18.6 Å². The molecule has 0 fully saturated rings. The number of aromatic nitrogens is 1. The van der Waals surface area contributed by atoms with Gasteiger partial charge in [0.2, 0.25) is 0 Å². The molecule has 0 amide bonds. The molecule has 0 unspecified atom stereocenters. The fourth-order valence-corrected chi connectivity index (χ4v) is 1.39. The molecule has 15 heavy (non-hydrogen) atoms. The highest BCUT2D eigenvalue weighted by Gasteiger charge is 2.10. The number of benzene rings is 1. The van der Waals surface area contributed by atoms with Gasteiger partial charge in [0.05, 0.1) is 5.69 Å². The van der Waals surface area contributed by atoms with Crippen LogP contribution in [-0.2, 0) is 0 Å². The molecule has 0 bridgehead atoms. The first kappa shape index (κ1) is 9.77. The van der Waals surface area contributed by atoms with Gasteiger partial charge >= 0.3 is 0 Å². The van der Waals surface area contributed by atoms with E-state index in [2.05, 4.69) is 4.98 Å². The van der Waals surface area contributed by atoms with Crippen LogP contribution in [0.4, 0.5) is 8.78 Å². The van der Waals surface area contributed by atoms with E-state index in [-0.39, 0.29) is 5.56 Å². The zero-order valence-corrected chi connectivity index (χ0v) is 8.17. The molecular formula is C12H9F2N. The van der Waals surface area contributed by atoms with E-state index in [1.165, 1.54) is 12.1 Å². The molecule has 0 N–H and O–H groups in total. The number of nitrogens with zero attached hydrogens (tertiary/aromatic N) is 1. The van der Waals surface area contributed by atoms with Gasteiger partial charge in [0.15, 0.2) is 11.6 Å². The largest absolute Gasteiger partial charge is 0.253 e. The summed E-state index contributed by atoms with van der Waals surface area (Å²) in [6.45, 7) is 1.81.